The van der Waals surface area contributed by atoms with Gasteiger partial charge in [0.25, 0.3) is 0 Å². The number of nitrogens with zero attached hydrogens (tertiary/aromatic N) is 8. The Balaban J connectivity index is 0.873. The summed E-state index contributed by atoms with van der Waals surface area (Å²) in [5.41, 5.74) is 23.9. The highest BCUT2D eigenvalue weighted by Crippen LogP contribution is 2.63. The molecule has 1 spiro atoms. The molecule has 2 aliphatic rings. The van der Waals surface area contributed by atoms with Crippen LogP contribution in [0.1, 0.15) is 22.3 Å². The molecule has 444 valence electrons. The minimum Gasteiger partial charge on any atom is -0.309 e. The Morgan fingerprint density at radius 1 is 0.208 bits per heavy atom. The van der Waals surface area contributed by atoms with Crippen molar-refractivity contribution in [2.24, 2.45) is 0 Å². The molecule has 6 aromatic heterocycles. The molecule has 1 atom stereocenters. The van der Waals surface area contributed by atoms with Gasteiger partial charge in [-0.25, -0.2) is 0 Å². The highest BCUT2D eigenvalue weighted by atomic mass is 15.3. The number of fused-ring (bicyclic) bond motifs is 27. The number of para-hydroxylation sites is 8. The van der Waals surface area contributed by atoms with Gasteiger partial charge in [-0.3, -0.25) is 9.13 Å². The molecule has 0 amide bonds. The molecule has 2 aliphatic carbocycles. The van der Waals surface area contributed by atoms with Crippen LogP contribution in [0.2, 0.25) is 0 Å². The summed E-state index contributed by atoms with van der Waals surface area (Å²) in [6.45, 7) is 0. The molecule has 6 heterocycles. The van der Waals surface area contributed by atoms with E-state index >= 15 is 0 Å². The predicted molar refractivity (Wildman–Crippen MR) is 393 cm³/mol. The zero-order valence-corrected chi connectivity index (χ0v) is 51.6. The van der Waals surface area contributed by atoms with E-state index in [1.165, 1.54) is 77.1 Å². The first-order chi connectivity index (χ1) is 47.7. The Bertz CT molecular complexity index is 6460. The van der Waals surface area contributed by atoms with E-state index in [0.717, 1.165) is 99.1 Å². The fourth-order valence-corrected chi connectivity index (χ4v) is 17.4. The maximum Gasteiger partial charge on any atom is 0.240 e. The molecule has 96 heavy (non-hydrogen) atoms. The van der Waals surface area contributed by atoms with Gasteiger partial charge in [0.05, 0.1) is 60.6 Å². The minimum atomic E-state index is -0.714. The molecule has 8 nitrogen and oxygen atoms in total. The van der Waals surface area contributed by atoms with Crippen LogP contribution in [0.5, 0.6) is 0 Å². The fraction of sp³-hybridized carbons (Fsp3) is 0.0114. The molecule has 8 heteroatoms. The minimum absolute atomic E-state index is 0.506. The third kappa shape index (κ3) is 6.68. The molecule has 0 saturated carbocycles. The largest absolute Gasteiger partial charge is 0.309 e. The topological polar surface area (TPSA) is 63.3 Å². The molecule has 0 aliphatic heterocycles. The van der Waals surface area contributed by atoms with E-state index in [-0.39, 0.29) is 0 Å². The van der Waals surface area contributed by atoms with Crippen molar-refractivity contribution >= 4 is 109 Å². The predicted octanol–water partition coefficient (Wildman–Crippen LogP) is 21.4. The van der Waals surface area contributed by atoms with Crippen LogP contribution >= 0.6 is 0 Å². The lowest BCUT2D eigenvalue weighted by molar-refractivity contribution is 0.792. The van der Waals surface area contributed by atoms with Crippen LogP contribution < -0.4 is 0 Å². The number of rotatable bonds is 6. The zero-order chi connectivity index (χ0) is 62.5. The van der Waals surface area contributed by atoms with Crippen molar-refractivity contribution in [1.29, 1.82) is 0 Å². The van der Waals surface area contributed by atoms with Crippen molar-refractivity contribution in [2.45, 2.75) is 5.41 Å². The van der Waals surface area contributed by atoms with Gasteiger partial charge in [0.1, 0.15) is 0 Å². The first-order valence-electron chi connectivity index (χ1n) is 32.9. The van der Waals surface area contributed by atoms with Crippen molar-refractivity contribution in [3.63, 3.8) is 0 Å². The van der Waals surface area contributed by atoms with E-state index < -0.39 is 5.41 Å². The molecule has 0 saturated heterocycles. The van der Waals surface area contributed by atoms with Gasteiger partial charge in [0, 0.05) is 76.5 Å². The van der Waals surface area contributed by atoms with Gasteiger partial charge < -0.3 is 13.7 Å². The summed E-state index contributed by atoms with van der Waals surface area (Å²) in [5.74, 6) is 1.56. The third-order valence-electron chi connectivity index (χ3n) is 21.1. The average Bonchev–Trinajstić information content (AvgIpc) is 1.51. The Morgan fingerprint density at radius 3 is 0.969 bits per heavy atom. The first kappa shape index (κ1) is 51.7. The maximum atomic E-state index is 5.97. The first-order valence-corrected chi connectivity index (χ1v) is 32.9. The molecule has 0 bridgehead atoms. The van der Waals surface area contributed by atoms with Gasteiger partial charge in [-0.15, -0.1) is 0 Å². The Kier molecular flexibility index (Phi) is 10.3. The normalized spacial score (nSPS) is 14.1. The average molecular weight is 1220 g/mol. The van der Waals surface area contributed by atoms with Gasteiger partial charge in [-0.2, -0.15) is 15.0 Å². The fourth-order valence-electron chi connectivity index (χ4n) is 17.4. The smallest absolute Gasteiger partial charge is 0.240 e. The van der Waals surface area contributed by atoms with E-state index in [2.05, 4.69) is 338 Å². The van der Waals surface area contributed by atoms with Crippen molar-refractivity contribution in [2.75, 3.05) is 0 Å². The monoisotopic (exact) mass is 1220 g/mol. The van der Waals surface area contributed by atoms with Crippen LogP contribution in [0.4, 0.5) is 0 Å². The zero-order valence-electron chi connectivity index (χ0n) is 51.6. The van der Waals surface area contributed by atoms with Crippen LogP contribution in [-0.2, 0) is 5.41 Å². The van der Waals surface area contributed by atoms with Gasteiger partial charge in [-0.05, 0) is 123 Å². The van der Waals surface area contributed by atoms with E-state index in [9.17, 15) is 0 Å². The van der Waals surface area contributed by atoms with Crippen LogP contribution in [0.15, 0.2) is 315 Å². The Morgan fingerprint density at radius 2 is 0.531 bits per heavy atom. The number of hydrogen-bond donors (Lipinski definition) is 0. The molecule has 14 aromatic carbocycles. The quantitative estimate of drug-likeness (QED) is 0.167. The van der Waals surface area contributed by atoms with Crippen LogP contribution in [-0.4, -0.2) is 37.8 Å². The second-order valence-corrected chi connectivity index (χ2v) is 25.8. The Hall–Kier alpha value is -12.9. The van der Waals surface area contributed by atoms with Crippen molar-refractivity contribution in [3.05, 3.63) is 338 Å². The molecule has 20 aromatic rings. The van der Waals surface area contributed by atoms with E-state index in [0.29, 0.717) is 17.7 Å². The summed E-state index contributed by atoms with van der Waals surface area (Å²) in [6.07, 6.45) is 0. The van der Waals surface area contributed by atoms with Crippen LogP contribution in [0.25, 0.3) is 172 Å². The SMILES string of the molecule is c1ccc(-n2c3ccccc3c3ccc4c5ccccc5n(-c5nc(-c6ccc7c(c6)C6(c8ccccc8-7)c7ccccc7-c7ccc(-n8c9ccccc9c9ccccc98)cc76)nc(-n6c7ccccc7c7ccc8c9ccccc9n(-c9ccccc9)c8c76)n5)c4c32)cc1. The van der Waals surface area contributed by atoms with Crippen LogP contribution in [0.3, 0.4) is 0 Å². The summed E-state index contributed by atoms with van der Waals surface area (Å²) in [4.78, 5) is 17.8. The van der Waals surface area contributed by atoms with E-state index in [1.807, 2.05) is 0 Å². The summed E-state index contributed by atoms with van der Waals surface area (Å²) in [6, 6.07) is 116. The van der Waals surface area contributed by atoms with Crippen molar-refractivity contribution in [3.8, 4) is 62.6 Å². The maximum absolute atomic E-state index is 5.97. The van der Waals surface area contributed by atoms with Gasteiger partial charge in [0.15, 0.2) is 5.82 Å². The van der Waals surface area contributed by atoms with Crippen molar-refractivity contribution < 1.29 is 0 Å². The molecular weight excluding hydrogens is 1170 g/mol. The highest BCUT2D eigenvalue weighted by molar-refractivity contribution is 6.25. The lowest BCUT2D eigenvalue weighted by atomic mass is 9.70. The second kappa shape index (κ2) is 19.1. The number of aromatic nitrogens is 8. The highest BCUT2D eigenvalue weighted by Gasteiger charge is 2.52. The second-order valence-electron chi connectivity index (χ2n) is 25.8. The molecule has 0 fully saturated rings. The summed E-state index contributed by atoms with van der Waals surface area (Å²) < 4.78 is 12.0. The molecule has 0 N–H and O–H groups in total. The molecular formula is C88H52N8. The summed E-state index contributed by atoms with van der Waals surface area (Å²) in [7, 11) is 0. The Labute approximate surface area is 549 Å². The molecule has 22 rings (SSSR count). The lowest BCUT2D eigenvalue weighted by Crippen LogP contribution is -2.26. The summed E-state index contributed by atoms with van der Waals surface area (Å²) in [5, 5.41) is 11.5. The lowest BCUT2D eigenvalue weighted by Gasteiger charge is -2.31. The molecule has 1 unspecified atom stereocenters. The third-order valence-corrected chi connectivity index (χ3v) is 21.1. The van der Waals surface area contributed by atoms with Crippen molar-refractivity contribution in [1.82, 2.24) is 37.8 Å². The van der Waals surface area contributed by atoms with Gasteiger partial charge in [-0.1, -0.05) is 237 Å². The standard InChI is InChI=1S/C88H52N8/c1-3-23-54(24-4-1)93-77-39-19-11-31-63(77)67-47-49-69-65-33-13-21-41-79(65)95(83(69)81(67)93)86-89-85(90-87(91-86)96-80-42-22-14-34-66(80)70-50-48-68-64-32-12-20-40-78(64)94(82(68)84(70)96)55-25-5-2-6-26-55)53-43-45-59-57-27-7-15-35-71(57)88(73(59)51-53)72-36-16-8-28-58(72)60-46-44-56(52-74(60)88)92-75-37-17-9-29-61(75)62-30-10-18-38-76(62)92/h1-52H. The van der Waals surface area contributed by atoms with Crippen LogP contribution in [0, 0.1) is 0 Å². The molecule has 0 radical (unpaired) electrons. The van der Waals surface area contributed by atoms with Gasteiger partial charge >= 0.3 is 0 Å². The van der Waals surface area contributed by atoms with E-state index in [1.54, 1.807) is 0 Å². The van der Waals surface area contributed by atoms with Gasteiger partial charge in [0.2, 0.25) is 11.9 Å². The number of hydrogen-bond acceptors (Lipinski definition) is 3. The summed E-state index contributed by atoms with van der Waals surface area (Å²) >= 11 is 0. The van der Waals surface area contributed by atoms with E-state index in [4.69, 9.17) is 15.0 Å². The number of benzene rings is 14.